The number of nitrogens with zero attached hydrogens (tertiary/aromatic N) is 3. The lowest BCUT2D eigenvalue weighted by molar-refractivity contribution is -0.142. The van der Waals surface area contributed by atoms with Gasteiger partial charge in [-0.25, -0.2) is 0 Å². The monoisotopic (exact) mass is 369 g/mol. The third kappa shape index (κ3) is 4.15. The molecular weight excluding hydrogens is 342 g/mol. The number of hydrogen-bond acceptors (Lipinski definition) is 3. The van der Waals surface area contributed by atoms with Crippen LogP contribution in [0.25, 0.3) is 0 Å². The molecule has 1 saturated carbocycles. The molecule has 2 aliphatic heterocycles. The normalized spacial score (nSPS) is 23.0. The van der Waals surface area contributed by atoms with Gasteiger partial charge < -0.3 is 14.7 Å². The van der Waals surface area contributed by atoms with E-state index in [1.807, 2.05) is 32.9 Å². The molecule has 1 aromatic carbocycles. The number of piperazine rings is 1. The van der Waals surface area contributed by atoms with Crippen LogP contribution < -0.4 is 0 Å². The Labute approximate surface area is 160 Å². The van der Waals surface area contributed by atoms with Gasteiger partial charge in [-0.15, -0.1) is 0 Å². The van der Waals surface area contributed by atoms with Crippen LogP contribution in [-0.4, -0.2) is 71.7 Å². The molecule has 1 atom stereocenters. The van der Waals surface area contributed by atoms with Crippen LogP contribution in [0.5, 0.6) is 0 Å². The molecule has 0 unspecified atom stereocenters. The highest BCUT2D eigenvalue weighted by Gasteiger charge is 2.39. The number of rotatable bonds is 5. The maximum absolute atomic E-state index is 12.8. The van der Waals surface area contributed by atoms with E-state index in [9.17, 15) is 14.4 Å². The maximum atomic E-state index is 12.8. The van der Waals surface area contributed by atoms with Crippen molar-refractivity contribution in [3.05, 3.63) is 35.9 Å². The quantitative estimate of drug-likeness (QED) is 0.783. The van der Waals surface area contributed by atoms with Gasteiger partial charge in [-0.3, -0.25) is 14.4 Å². The molecule has 2 saturated heterocycles. The molecule has 0 bridgehead atoms. The van der Waals surface area contributed by atoms with Gasteiger partial charge in [-0.1, -0.05) is 30.3 Å². The molecule has 6 nitrogen and oxygen atoms in total. The Morgan fingerprint density at radius 3 is 2.07 bits per heavy atom. The first-order valence-electron chi connectivity index (χ1n) is 10.0. The highest BCUT2D eigenvalue weighted by molar-refractivity contribution is 5.89. The first kappa shape index (κ1) is 18.0. The van der Waals surface area contributed by atoms with Gasteiger partial charge in [0.1, 0.15) is 0 Å². The van der Waals surface area contributed by atoms with E-state index in [1.54, 1.807) is 0 Å². The van der Waals surface area contributed by atoms with E-state index >= 15 is 0 Å². The topological polar surface area (TPSA) is 60.9 Å². The highest BCUT2D eigenvalue weighted by atomic mass is 16.2. The lowest BCUT2D eigenvalue weighted by Crippen LogP contribution is -2.52. The van der Waals surface area contributed by atoms with Crippen molar-refractivity contribution in [2.75, 3.05) is 39.3 Å². The smallest absolute Gasteiger partial charge is 0.228 e. The van der Waals surface area contributed by atoms with Crippen LogP contribution in [0.4, 0.5) is 0 Å². The molecule has 0 N–H and O–H groups in total. The van der Waals surface area contributed by atoms with E-state index in [2.05, 4.69) is 12.1 Å². The second kappa shape index (κ2) is 7.71. The molecule has 27 heavy (non-hydrogen) atoms. The zero-order chi connectivity index (χ0) is 18.8. The van der Waals surface area contributed by atoms with Crippen LogP contribution in [-0.2, 0) is 20.8 Å². The number of amides is 3. The van der Waals surface area contributed by atoms with Crippen molar-refractivity contribution in [1.82, 2.24) is 14.7 Å². The fraction of sp³-hybridized carbons (Fsp3) is 0.571. The summed E-state index contributed by atoms with van der Waals surface area (Å²) >= 11 is 0. The van der Waals surface area contributed by atoms with E-state index in [1.165, 1.54) is 5.56 Å². The van der Waals surface area contributed by atoms with Gasteiger partial charge in [0.25, 0.3) is 0 Å². The SMILES string of the molecule is O=C1C[C@@H](C(=O)N2CCN(C(=O)C3CC3)CC2)CN1CCc1ccccc1. The largest absolute Gasteiger partial charge is 0.342 e. The van der Waals surface area contributed by atoms with Crippen LogP contribution in [0.15, 0.2) is 30.3 Å². The maximum Gasteiger partial charge on any atom is 0.228 e. The van der Waals surface area contributed by atoms with Crippen molar-refractivity contribution < 1.29 is 14.4 Å². The molecule has 1 aromatic rings. The summed E-state index contributed by atoms with van der Waals surface area (Å²) in [5, 5.41) is 0. The average Bonchev–Trinajstić information content (AvgIpc) is 3.49. The number of hydrogen-bond donors (Lipinski definition) is 0. The van der Waals surface area contributed by atoms with E-state index in [4.69, 9.17) is 0 Å². The lowest BCUT2D eigenvalue weighted by atomic mass is 10.1. The number of carbonyl (C=O) groups excluding carboxylic acids is 3. The minimum Gasteiger partial charge on any atom is -0.342 e. The Morgan fingerprint density at radius 1 is 0.889 bits per heavy atom. The second-order valence-electron chi connectivity index (χ2n) is 7.90. The summed E-state index contributed by atoms with van der Waals surface area (Å²) in [6.45, 7) is 3.61. The molecule has 0 radical (unpaired) electrons. The van der Waals surface area contributed by atoms with E-state index < -0.39 is 0 Å². The van der Waals surface area contributed by atoms with Crippen LogP contribution in [0.1, 0.15) is 24.8 Å². The third-order valence-corrected chi connectivity index (χ3v) is 5.91. The average molecular weight is 369 g/mol. The van der Waals surface area contributed by atoms with Crippen molar-refractivity contribution in [3.8, 4) is 0 Å². The summed E-state index contributed by atoms with van der Waals surface area (Å²) in [7, 11) is 0. The van der Waals surface area contributed by atoms with Crippen molar-refractivity contribution in [3.63, 3.8) is 0 Å². The fourth-order valence-corrected chi connectivity index (χ4v) is 4.06. The first-order valence-corrected chi connectivity index (χ1v) is 10.0. The van der Waals surface area contributed by atoms with Crippen LogP contribution in [0.2, 0.25) is 0 Å². The number of likely N-dealkylation sites (tertiary alicyclic amines) is 1. The molecule has 0 aromatic heterocycles. The summed E-state index contributed by atoms with van der Waals surface area (Å²) in [5.74, 6) is 0.401. The van der Waals surface area contributed by atoms with Gasteiger partial charge in [-0.05, 0) is 24.8 Å². The molecule has 3 amide bonds. The zero-order valence-corrected chi connectivity index (χ0v) is 15.7. The van der Waals surface area contributed by atoms with E-state index in [-0.39, 0.29) is 29.6 Å². The minimum atomic E-state index is -0.237. The third-order valence-electron chi connectivity index (χ3n) is 5.91. The Balaban J connectivity index is 1.26. The van der Waals surface area contributed by atoms with E-state index in [0.29, 0.717) is 45.7 Å². The summed E-state index contributed by atoms with van der Waals surface area (Å²) in [4.78, 5) is 42.9. The molecule has 3 aliphatic rings. The second-order valence-corrected chi connectivity index (χ2v) is 7.90. The summed E-state index contributed by atoms with van der Waals surface area (Å²) in [6, 6.07) is 10.1. The highest BCUT2D eigenvalue weighted by Crippen LogP contribution is 2.31. The zero-order valence-electron chi connectivity index (χ0n) is 15.7. The summed E-state index contributed by atoms with van der Waals surface area (Å²) < 4.78 is 0. The van der Waals surface area contributed by atoms with E-state index in [0.717, 1.165) is 19.3 Å². The van der Waals surface area contributed by atoms with Gasteiger partial charge in [-0.2, -0.15) is 0 Å². The number of benzene rings is 1. The molecule has 6 heteroatoms. The van der Waals surface area contributed by atoms with Crippen molar-refractivity contribution in [2.24, 2.45) is 11.8 Å². The molecule has 4 rings (SSSR count). The van der Waals surface area contributed by atoms with Crippen LogP contribution in [0, 0.1) is 11.8 Å². The van der Waals surface area contributed by atoms with Crippen LogP contribution in [0.3, 0.4) is 0 Å². The lowest BCUT2D eigenvalue weighted by Gasteiger charge is -2.36. The van der Waals surface area contributed by atoms with Gasteiger partial charge in [0.2, 0.25) is 17.7 Å². The molecule has 1 aliphatic carbocycles. The Morgan fingerprint density at radius 2 is 1.48 bits per heavy atom. The minimum absolute atomic E-state index is 0.0732. The van der Waals surface area contributed by atoms with Gasteiger partial charge in [0.05, 0.1) is 5.92 Å². The molecule has 2 heterocycles. The van der Waals surface area contributed by atoms with Crippen LogP contribution >= 0.6 is 0 Å². The Bertz CT molecular complexity index is 709. The molecule has 3 fully saturated rings. The molecule has 0 spiro atoms. The summed E-state index contributed by atoms with van der Waals surface area (Å²) in [5.41, 5.74) is 1.21. The first-order chi connectivity index (χ1) is 13.1. The fourth-order valence-electron chi connectivity index (χ4n) is 4.06. The van der Waals surface area contributed by atoms with Gasteiger partial charge in [0, 0.05) is 51.6 Å². The molecule has 144 valence electrons. The predicted octanol–water partition coefficient (Wildman–Crippen LogP) is 1.16. The van der Waals surface area contributed by atoms with Crippen molar-refractivity contribution in [1.29, 1.82) is 0 Å². The predicted molar refractivity (Wildman–Crippen MR) is 101 cm³/mol. The van der Waals surface area contributed by atoms with Crippen molar-refractivity contribution in [2.45, 2.75) is 25.7 Å². The Kier molecular flexibility index (Phi) is 5.14. The number of carbonyl (C=O) groups is 3. The van der Waals surface area contributed by atoms with Gasteiger partial charge >= 0.3 is 0 Å². The Hall–Kier alpha value is -2.37. The van der Waals surface area contributed by atoms with Gasteiger partial charge in [0.15, 0.2) is 0 Å². The standard InChI is InChI=1S/C21H27N3O3/c25-19-14-18(15-24(19)9-8-16-4-2-1-3-5-16)21(27)23-12-10-22(11-13-23)20(26)17-6-7-17/h1-5,17-18H,6-15H2/t18-/m1/s1. The van der Waals surface area contributed by atoms with Crippen molar-refractivity contribution >= 4 is 17.7 Å². The molecular formula is C21H27N3O3. The summed E-state index contributed by atoms with van der Waals surface area (Å²) in [6.07, 6.45) is 3.16.